The fourth-order valence-electron chi connectivity index (χ4n) is 3.13. The van der Waals surface area contributed by atoms with Crippen LogP contribution in [0.5, 0.6) is 0 Å². The monoisotopic (exact) mass is 601 g/mol. The summed E-state index contributed by atoms with van der Waals surface area (Å²) in [6.07, 6.45) is 1.80. The Balaban J connectivity index is 2.40. The van der Waals surface area contributed by atoms with Crippen molar-refractivity contribution in [3.63, 3.8) is 0 Å². The van der Waals surface area contributed by atoms with Crippen LogP contribution in [0.3, 0.4) is 0 Å². The first-order valence-electron chi connectivity index (χ1n) is 10.5. The number of hydrogen-bond donors (Lipinski definition) is 1. The summed E-state index contributed by atoms with van der Waals surface area (Å²) < 4.78 is 27.6. The van der Waals surface area contributed by atoms with Crippen LogP contribution < -0.4 is 9.62 Å². The fraction of sp³-hybridized carbons (Fsp3) is 0.391. The highest BCUT2D eigenvalue weighted by atomic mass is 79.9. The molecule has 33 heavy (non-hydrogen) atoms. The molecule has 2 unspecified atom stereocenters. The highest BCUT2D eigenvalue weighted by Crippen LogP contribution is 2.28. The smallest absolute Gasteiger partial charge is 0.244 e. The lowest BCUT2D eigenvalue weighted by Crippen LogP contribution is -2.52. The van der Waals surface area contributed by atoms with Crippen molar-refractivity contribution in [2.24, 2.45) is 0 Å². The molecule has 2 rings (SSSR count). The Kier molecular flexibility index (Phi) is 9.93. The number of sulfonamides is 1. The molecule has 2 aromatic rings. The Morgan fingerprint density at radius 2 is 1.73 bits per heavy atom. The van der Waals surface area contributed by atoms with Gasteiger partial charge in [-0.1, -0.05) is 47.1 Å². The number of carbonyl (C=O) groups excluding carboxylic acids is 2. The summed E-state index contributed by atoms with van der Waals surface area (Å²) in [7, 11) is -3.77. The first kappa shape index (κ1) is 27.3. The number of amides is 2. The van der Waals surface area contributed by atoms with Crippen molar-refractivity contribution in [2.45, 2.75) is 45.8 Å². The quantitative estimate of drug-likeness (QED) is 0.439. The molecule has 180 valence electrons. The first-order valence-corrected chi connectivity index (χ1v) is 13.9. The number of carbonyl (C=O) groups is 2. The van der Waals surface area contributed by atoms with Crippen LogP contribution in [-0.2, 0) is 26.2 Å². The molecule has 1 N–H and O–H groups in total. The first-order chi connectivity index (χ1) is 15.4. The van der Waals surface area contributed by atoms with Crippen LogP contribution in [0.15, 0.2) is 57.5 Å². The molecule has 0 saturated heterocycles. The number of anilines is 1. The molecule has 0 aliphatic rings. The summed E-state index contributed by atoms with van der Waals surface area (Å²) in [6, 6.07) is 13.4. The molecule has 0 heterocycles. The van der Waals surface area contributed by atoms with Gasteiger partial charge in [-0.05, 0) is 66.0 Å². The van der Waals surface area contributed by atoms with Gasteiger partial charge >= 0.3 is 0 Å². The molecule has 0 aromatic heterocycles. The van der Waals surface area contributed by atoms with Crippen molar-refractivity contribution in [3.8, 4) is 0 Å². The second-order valence-electron chi connectivity index (χ2n) is 7.87. The number of halogens is 2. The van der Waals surface area contributed by atoms with Crippen molar-refractivity contribution in [3.05, 3.63) is 63.0 Å². The van der Waals surface area contributed by atoms with E-state index in [0.29, 0.717) is 10.2 Å². The summed E-state index contributed by atoms with van der Waals surface area (Å²) in [5.41, 5.74) is 1.17. The molecular formula is C23H29Br2N3O4S. The van der Waals surface area contributed by atoms with E-state index in [1.165, 1.54) is 4.90 Å². The van der Waals surface area contributed by atoms with Gasteiger partial charge in [0.1, 0.15) is 12.6 Å². The molecule has 0 aliphatic carbocycles. The predicted molar refractivity (Wildman–Crippen MR) is 138 cm³/mol. The minimum atomic E-state index is -3.77. The van der Waals surface area contributed by atoms with Gasteiger partial charge in [0, 0.05) is 21.5 Å². The van der Waals surface area contributed by atoms with Crippen molar-refractivity contribution in [1.82, 2.24) is 10.2 Å². The zero-order chi connectivity index (χ0) is 24.8. The van der Waals surface area contributed by atoms with Gasteiger partial charge in [-0.3, -0.25) is 13.9 Å². The SMILES string of the molecule is CCC(C)NC(=O)C(C)N(Cc1cccc(Br)c1)C(=O)CN(c1ccccc1Br)S(C)(=O)=O. The average Bonchev–Trinajstić information content (AvgIpc) is 2.75. The molecule has 0 spiro atoms. The maximum atomic E-state index is 13.5. The number of rotatable bonds is 10. The van der Waals surface area contributed by atoms with Gasteiger partial charge in [0.25, 0.3) is 0 Å². The van der Waals surface area contributed by atoms with Crippen LogP contribution in [0, 0.1) is 0 Å². The van der Waals surface area contributed by atoms with Gasteiger partial charge in [0.2, 0.25) is 21.8 Å². The Hall–Kier alpha value is -1.91. The molecule has 7 nitrogen and oxygen atoms in total. The van der Waals surface area contributed by atoms with E-state index < -0.39 is 28.5 Å². The summed E-state index contributed by atoms with van der Waals surface area (Å²) in [4.78, 5) is 27.8. The van der Waals surface area contributed by atoms with Crippen molar-refractivity contribution in [2.75, 3.05) is 17.1 Å². The third-order valence-corrected chi connectivity index (χ3v) is 7.50. The molecule has 2 aromatic carbocycles. The third-order valence-electron chi connectivity index (χ3n) is 5.21. The molecule has 0 radical (unpaired) electrons. The zero-order valence-corrected chi connectivity index (χ0v) is 23.1. The van der Waals surface area contributed by atoms with Crippen molar-refractivity contribution >= 4 is 59.4 Å². The maximum Gasteiger partial charge on any atom is 0.244 e. The lowest BCUT2D eigenvalue weighted by molar-refractivity contribution is -0.139. The number of nitrogens with zero attached hydrogens (tertiary/aromatic N) is 2. The van der Waals surface area contributed by atoms with Crippen LogP contribution in [0.1, 0.15) is 32.8 Å². The van der Waals surface area contributed by atoms with Gasteiger partial charge in [-0.15, -0.1) is 0 Å². The Bertz CT molecular complexity index is 1090. The van der Waals surface area contributed by atoms with Gasteiger partial charge in [0.05, 0.1) is 11.9 Å². The summed E-state index contributed by atoms with van der Waals surface area (Å²) in [5, 5.41) is 2.90. The second-order valence-corrected chi connectivity index (χ2v) is 11.5. The number of nitrogens with one attached hydrogen (secondary N) is 1. The molecule has 0 aliphatic heterocycles. The van der Waals surface area contributed by atoms with E-state index in [1.807, 2.05) is 38.1 Å². The van der Waals surface area contributed by atoms with Gasteiger partial charge in [-0.25, -0.2) is 8.42 Å². The average molecular weight is 603 g/mol. The minimum Gasteiger partial charge on any atom is -0.352 e. The zero-order valence-electron chi connectivity index (χ0n) is 19.1. The van der Waals surface area contributed by atoms with Crippen molar-refractivity contribution in [1.29, 1.82) is 0 Å². The topological polar surface area (TPSA) is 86.8 Å². The second kappa shape index (κ2) is 12.0. The molecule has 2 amide bonds. The number of para-hydroxylation sites is 1. The Labute approximate surface area is 212 Å². The largest absolute Gasteiger partial charge is 0.352 e. The normalized spacial score (nSPS) is 13.2. The number of hydrogen-bond acceptors (Lipinski definition) is 4. The molecule has 10 heteroatoms. The molecular weight excluding hydrogens is 574 g/mol. The van der Waals surface area contributed by atoms with Crippen LogP contribution >= 0.6 is 31.9 Å². The van der Waals surface area contributed by atoms with E-state index in [9.17, 15) is 18.0 Å². The third kappa shape index (κ3) is 7.82. The van der Waals surface area contributed by atoms with E-state index >= 15 is 0 Å². The van der Waals surface area contributed by atoms with Crippen molar-refractivity contribution < 1.29 is 18.0 Å². The molecule has 2 atom stereocenters. The molecule has 0 bridgehead atoms. The van der Waals surface area contributed by atoms with E-state index in [2.05, 4.69) is 37.2 Å². The minimum absolute atomic E-state index is 0.0458. The van der Waals surface area contributed by atoms with Crippen LogP contribution in [-0.4, -0.2) is 50.0 Å². The lowest BCUT2D eigenvalue weighted by Gasteiger charge is -2.32. The van der Waals surface area contributed by atoms with Crippen LogP contribution in [0.4, 0.5) is 5.69 Å². The highest BCUT2D eigenvalue weighted by Gasteiger charge is 2.31. The van der Waals surface area contributed by atoms with E-state index in [0.717, 1.165) is 27.0 Å². The fourth-order valence-corrected chi connectivity index (χ4v) is 5.05. The summed E-state index contributed by atoms with van der Waals surface area (Å²) in [5.74, 6) is -0.776. The number of benzene rings is 2. The van der Waals surface area contributed by atoms with E-state index in [4.69, 9.17) is 0 Å². The van der Waals surface area contributed by atoms with Gasteiger partial charge < -0.3 is 10.2 Å². The standard InChI is InChI=1S/C23H29Br2N3O4S/c1-5-16(2)26-23(30)17(3)27(14-18-9-8-10-19(24)13-18)22(29)15-28(33(4,31)32)21-12-7-6-11-20(21)25/h6-13,16-17H,5,14-15H2,1-4H3,(H,26,30). The highest BCUT2D eigenvalue weighted by molar-refractivity contribution is 9.10. The molecule has 0 fully saturated rings. The Morgan fingerprint density at radius 1 is 1.06 bits per heavy atom. The molecule has 0 saturated carbocycles. The lowest BCUT2D eigenvalue weighted by atomic mass is 10.1. The van der Waals surface area contributed by atoms with Crippen LogP contribution in [0.2, 0.25) is 0 Å². The van der Waals surface area contributed by atoms with E-state index in [-0.39, 0.29) is 18.5 Å². The van der Waals surface area contributed by atoms with E-state index in [1.54, 1.807) is 31.2 Å². The van der Waals surface area contributed by atoms with Gasteiger partial charge in [0.15, 0.2) is 0 Å². The van der Waals surface area contributed by atoms with Crippen LogP contribution in [0.25, 0.3) is 0 Å². The van der Waals surface area contributed by atoms with Gasteiger partial charge in [-0.2, -0.15) is 0 Å². The maximum absolute atomic E-state index is 13.5. The Morgan fingerprint density at radius 3 is 2.30 bits per heavy atom. The summed E-state index contributed by atoms with van der Waals surface area (Å²) in [6.45, 7) is 5.22. The predicted octanol–water partition coefficient (Wildman–Crippen LogP) is 4.31. The summed E-state index contributed by atoms with van der Waals surface area (Å²) >= 11 is 6.79.